The number of nitrogens with one attached hydrogen (secondary N) is 1. The molecular formula is C19H19ClF3N3O3S. The highest BCUT2D eigenvalue weighted by Crippen LogP contribution is 2.36. The summed E-state index contributed by atoms with van der Waals surface area (Å²) in [5.41, 5.74) is 1.08. The summed E-state index contributed by atoms with van der Waals surface area (Å²) in [5, 5.41) is 2.00. The lowest BCUT2D eigenvalue weighted by molar-refractivity contribution is -0.167. The van der Waals surface area contributed by atoms with E-state index < -0.39 is 22.1 Å². The molecule has 0 spiro atoms. The van der Waals surface area contributed by atoms with Gasteiger partial charge in [0.1, 0.15) is 0 Å². The van der Waals surface area contributed by atoms with Gasteiger partial charge in [0, 0.05) is 26.2 Å². The lowest BCUT2D eigenvalue weighted by Crippen LogP contribution is -2.49. The van der Waals surface area contributed by atoms with Crippen LogP contribution in [-0.2, 0) is 14.8 Å². The maximum Gasteiger partial charge on any atom is 0.471 e. The molecule has 2 aromatic carbocycles. The van der Waals surface area contributed by atoms with Crippen molar-refractivity contribution in [1.82, 2.24) is 4.31 Å². The van der Waals surface area contributed by atoms with E-state index in [0.717, 1.165) is 5.56 Å². The number of carbonyl (C=O) groups excluding carboxylic acids is 1. The van der Waals surface area contributed by atoms with E-state index in [4.69, 9.17) is 11.6 Å². The number of alkyl halides is 3. The van der Waals surface area contributed by atoms with Gasteiger partial charge in [-0.15, -0.1) is 0 Å². The van der Waals surface area contributed by atoms with Crippen molar-refractivity contribution in [3.8, 4) is 0 Å². The Kier molecular flexibility index (Phi) is 6.30. The van der Waals surface area contributed by atoms with Crippen LogP contribution in [0.4, 0.5) is 24.5 Å². The first-order chi connectivity index (χ1) is 14.0. The Morgan fingerprint density at radius 3 is 2.20 bits per heavy atom. The van der Waals surface area contributed by atoms with Gasteiger partial charge in [-0.25, -0.2) is 8.42 Å². The standard InChI is InChI=1S/C19H19ClF3N3O3S/c1-13-5-7-14(8-6-13)30(28,29)26-11-9-25(10-12-26)17-15(20)3-2-4-16(17)24-18(27)19(21,22)23/h2-8H,9-12H2,1H3,(H,24,27). The Bertz CT molecular complexity index is 1040. The molecular weight excluding hydrogens is 443 g/mol. The van der Waals surface area contributed by atoms with Crippen molar-refractivity contribution in [2.24, 2.45) is 0 Å². The molecule has 1 fully saturated rings. The second-order valence-electron chi connectivity index (χ2n) is 6.79. The molecule has 0 saturated carbocycles. The van der Waals surface area contributed by atoms with Gasteiger partial charge in [-0.05, 0) is 31.2 Å². The average Bonchev–Trinajstić information content (AvgIpc) is 2.68. The van der Waals surface area contributed by atoms with Crippen molar-refractivity contribution >= 4 is 38.9 Å². The second kappa shape index (κ2) is 8.44. The summed E-state index contributed by atoms with van der Waals surface area (Å²) in [5.74, 6) is -2.10. The zero-order valence-electron chi connectivity index (χ0n) is 15.9. The average molecular weight is 462 g/mol. The quantitative estimate of drug-likeness (QED) is 0.754. The maximum absolute atomic E-state index is 12.8. The summed E-state index contributed by atoms with van der Waals surface area (Å²) in [6.07, 6.45) is -5.04. The Morgan fingerprint density at radius 1 is 1.03 bits per heavy atom. The van der Waals surface area contributed by atoms with Crippen molar-refractivity contribution in [2.45, 2.75) is 18.0 Å². The lowest BCUT2D eigenvalue weighted by atomic mass is 10.2. The number of hydrogen-bond acceptors (Lipinski definition) is 4. The third-order valence-corrected chi connectivity index (χ3v) is 6.92. The largest absolute Gasteiger partial charge is 0.471 e. The highest BCUT2D eigenvalue weighted by atomic mass is 35.5. The van der Waals surface area contributed by atoms with E-state index in [2.05, 4.69) is 0 Å². The highest BCUT2D eigenvalue weighted by molar-refractivity contribution is 7.89. The maximum atomic E-state index is 12.8. The van der Waals surface area contributed by atoms with E-state index in [0.29, 0.717) is 0 Å². The number of halogens is 4. The van der Waals surface area contributed by atoms with Crippen molar-refractivity contribution in [3.63, 3.8) is 0 Å². The van der Waals surface area contributed by atoms with Crippen molar-refractivity contribution in [2.75, 3.05) is 36.4 Å². The molecule has 0 bridgehead atoms. The van der Waals surface area contributed by atoms with Crippen LogP contribution in [0, 0.1) is 6.92 Å². The number of piperazine rings is 1. The molecule has 0 atom stereocenters. The number of hydrogen-bond donors (Lipinski definition) is 1. The number of anilines is 2. The molecule has 0 unspecified atom stereocenters. The Balaban J connectivity index is 1.78. The molecule has 1 aliphatic heterocycles. The van der Waals surface area contributed by atoms with Gasteiger partial charge in [0.15, 0.2) is 0 Å². The molecule has 0 aliphatic carbocycles. The lowest BCUT2D eigenvalue weighted by Gasteiger charge is -2.36. The minimum atomic E-state index is -5.04. The SMILES string of the molecule is Cc1ccc(S(=O)(=O)N2CCN(c3c(Cl)cccc3NC(=O)C(F)(F)F)CC2)cc1. The molecule has 2 aromatic rings. The third-order valence-electron chi connectivity index (χ3n) is 4.71. The summed E-state index contributed by atoms with van der Waals surface area (Å²) in [4.78, 5) is 13.2. The second-order valence-corrected chi connectivity index (χ2v) is 9.14. The fourth-order valence-electron chi connectivity index (χ4n) is 3.14. The van der Waals surface area contributed by atoms with Crippen LogP contribution in [0.15, 0.2) is 47.4 Å². The number of para-hydroxylation sites is 1. The predicted molar refractivity (Wildman–Crippen MR) is 108 cm³/mol. The van der Waals surface area contributed by atoms with E-state index in [1.54, 1.807) is 17.0 Å². The van der Waals surface area contributed by atoms with Gasteiger partial charge in [-0.3, -0.25) is 4.79 Å². The number of sulfonamides is 1. The molecule has 30 heavy (non-hydrogen) atoms. The molecule has 1 aliphatic rings. The minimum absolute atomic E-state index is 0.0836. The van der Waals surface area contributed by atoms with E-state index in [9.17, 15) is 26.4 Å². The van der Waals surface area contributed by atoms with Crippen LogP contribution < -0.4 is 10.2 Å². The van der Waals surface area contributed by atoms with Gasteiger partial charge in [0.05, 0.1) is 21.3 Å². The van der Waals surface area contributed by atoms with Gasteiger partial charge in [-0.2, -0.15) is 17.5 Å². The molecule has 3 rings (SSSR count). The molecule has 0 aromatic heterocycles. The zero-order valence-corrected chi connectivity index (χ0v) is 17.5. The Morgan fingerprint density at radius 2 is 1.63 bits per heavy atom. The predicted octanol–water partition coefficient (Wildman–Crippen LogP) is 3.66. The van der Waals surface area contributed by atoms with Crippen molar-refractivity contribution < 1.29 is 26.4 Å². The van der Waals surface area contributed by atoms with Gasteiger partial charge in [0.2, 0.25) is 10.0 Å². The molecule has 6 nitrogen and oxygen atoms in total. The van der Waals surface area contributed by atoms with Crippen LogP contribution in [-0.4, -0.2) is 51.0 Å². The van der Waals surface area contributed by atoms with E-state index in [1.165, 1.54) is 34.6 Å². The smallest absolute Gasteiger partial charge is 0.366 e. The first-order valence-corrected chi connectivity index (χ1v) is 10.8. The van der Waals surface area contributed by atoms with Crippen molar-refractivity contribution in [1.29, 1.82) is 0 Å². The topological polar surface area (TPSA) is 69.7 Å². The number of aryl methyl sites for hydroxylation is 1. The highest BCUT2D eigenvalue weighted by Gasteiger charge is 2.39. The van der Waals surface area contributed by atoms with Crippen molar-refractivity contribution in [3.05, 3.63) is 53.1 Å². The number of benzene rings is 2. The number of carbonyl (C=O) groups is 1. The molecule has 1 saturated heterocycles. The summed E-state index contributed by atoms with van der Waals surface area (Å²) < 4.78 is 64.9. The number of nitrogens with zero attached hydrogens (tertiary/aromatic N) is 2. The molecule has 11 heteroatoms. The summed E-state index contributed by atoms with van der Waals surface area (Å²) in [7, 11) is -3.69. The summed E-state index contributed by atoms with van der Waals surface area (Å²) in [6.45, 7) is 2.49. The zero-order chi connectivity index (χ0) is 22.1. The van der Waals surface area contributed by atoms with Crippen LogP contribution in [0.25, 0.3) is 0 Å². The fourth-order valence-corrected chi connectivity index (χ4v) is 4.86. The third kappa shape index (κ3) is 4.71. The molecule has 1 amide bonds. The Hall–Kier alpha value is -2.30. The number of rotatable bonds is 4. The molecule has 162 valence electrons. The first kappa shape index (κ1) is 22.4. The monoisotopic (exact) mass is 461 g/mol. The summed E-state index contributed by atoms with van der Waals surface area (Å²) in [6, 6.07) is 10.7. The Labute approximate surface area is 177 Å². The number of amides is 1. The fraction of sp³-hybridized carbons (Fsp3) is 0.316. The normalized spacial score (nSPS) is 15.8. The van der Waals surface area contributed by atoms with E-state index in [1.807, 2.05) is 12.2 Å². The van der Waals surface area contributed by atoms with E-state index >= 15 is 0 Å². The molecule has 1 N–H and O–H groups in total. The first-order valence-electron chi connectivity index (χ1n) is 8.98. The summed E-state index contributed by atoms with van der Waals surface area (Å²) >= 11 is 6.19. The van der Waals surface area contributed by atoms with Crippen LogP contribution in [0.5, 0.6) is 0 Å². The van der Waals surface area contributed by atoms with Crippen LogP contribution in [0.3, 0.4) is 0 Å². The van der Waals surface area contributed by atoms with Crippen LogP contribution in [0.1, 0.15) is 5.56 Å². The van der Waals surface area contributed by atoms with Gasteiger partial charge in [-0.1, -0.05) is 35.4 Å². The van der Waals surface area contributed by atoms with Gasteiger partial charge in [0.25, 0.3) is 0 Å². The van der Waals surface area contributed by atoms with Gasteiger partial charge >= 0.3 is 12.1 Å². The van der Waals surface area contributed by atoms with Crippen LogP contribution in [0.2, 0.25) is 5.02 Å². The van der Waals surface area contributed by atoms with E-state index in [-0.39, 0.29) is 47.5 Å². The van der Waals surface area contributed by atoms with Crippen LogP contribution >= 0.6 is 11.6 Å². The minimum Gasteiger partial charge on any atom is -0.366 e. The molecule has 0 radical (unpaired) electrons. The van der Waals surface area contributed by atoms with Gasteiger partial charge < -0.3 is 10.2 Å². The molecule has 1 heterocycles.